The topological polar surface area (TPSA) is 63.4 Å². The Balaban J connectivity index is 2.20. The summed E-state index contributed by atoms with van der Waals surface area (Å²) in [5, 5.41) is 5.09. The van der Waals surface area contributed by atoms with Crippen LogP contribution in [0.25, 0.3) is 0 Å². The van der Waals surface area contributed by atoms with E-state index in [2.05, 4.69) is 18.9 Å². The van der Waals surface area contributed by atoms with Crippen molar-refractivity contribution in [3.05, 3.63) is 29.8 Å². The van der Waals surface area contributed by atoms with Crippen LogP contribution in [-0.2, 0) is 10.0 Å². The van der Waals surface area contributed by atoms with Gasteiger partial charge in [0, 0.05) is 12.6 Å². The van der Waals surface area contributed by atoms with Gasteiger partial charge in [0.2, 0.25) is 10.0 Å². The molecule has 1 aromatic rings. The molecule has 0 aromatic heterocycles. The van der Waals surface area contributed by atoms with Crippen LogP contribution < -0.4 is 5.14 Å². The molecular weight excluding hydrogens is 248 g/mol. The second kappa shape index (κ2) is 4.99. The zero-order valence-corrected chi connectivity index (χ0v) is 11.7. The molecule has 0 amide bonds. The van der Waals surface area contributed by atoms with Gasteiger partial charge in [0.25, 0.3) is 0 Å². The third-order valence-electron chi connectivity index (χ3n) is 3.66. The van der Waals surface area contributed by atoms with E-state index in [9.17, 15) is 8.42 Å². The normalized spacial score (nSPS) is 26.2. The first-order valence-corrected chi connectivity index (χ1v) is 7.75. The summed E-state index contributed by atoms with van der Waals surface area (Å²) < 4.78 is 22.4. The predicted octanol–water partition coefficient (Wildman–Crippen LogP) is 1.74. The fourth-order valence-corrected chi connectivity index (χ4v) is 3.19. The van der Waals surface area contributed by atoms with Crippen molar-refractivity contribution in [1.82, 2.24) is 4.90 Å². The number of primary sulfonamides is 1. The summed E-state index contributed by atoms with van der Waals surface area (Å²) in [7, 11) is -1.47. The van der Waals surface area contributed by atoms with Gasteiger partial charge in [-0.3, -0.25) is 4.90 Å². The van der Waals surface area contributed by atoms with Crippen molar-refractivity contribution in [2.75, 3.05) is 13.6 Å². The van der Waals surface area contributed by atoms with Gasteiger partial charge >= 0.3 is 0 Å². The molecule has 5 heteroatoms. The summed E-state index contributed by atoms with van der Waals surface area (Å²) in [6.45, 7) is 3.35. The van der Waals surface area contributed by atoms with Gasteiger partial charge in [-0.05, 0) is 43.5 Å². The van der Waals surface area contributed by atoms with Crippen molar-refractivity contribution >= 4 is 10.0 Å². The standard InChI is InChI=1S/C13H20N2O2S/c1-10-3-8-13(15(2)9-10)11-4-6-12(7-5-11)18(14,16)17/h4-7,10,13H,3,8-9H2,1-2H3,(H2,14,16,17). The van der Waals surface area contributed by atoms with Gasteiger partial charge in [-0.15, -0.1) is 0 Å². The van der Waals surface area contributed by atoms with Crippen molar-refractivity contribution < 1.29 is 8.42 Å². The highest BCUT2D eigenvalue weighted by molar-refractivity contribution is 7.89. The molecule has 1 saturated heterocycles. The monoisotopic (exact) mass is 268 g/mol. The minimum Gasteiger partial charge on any atom is -0.299 e. The van der Waals surface area contributed by atoms with Crippen LogP contribution >= 0.6 is 0 Å². The zero-order chi connectivity index (χ0) is 13.3. The van der Waals surface area contributed by atoms with Crippen LogP contribution in [0.1, 0.15) is 31.4 Å². The van der Waals surface area contributed by atoms with Gasteiger partial charge < -0.3 is 0 Å². The molecule has 1 aliphatic rings. The highest BCUT2D eigenvalue weighted by Gasteiger charge is 2.24. The van der Waals surface area contributed by atoms with E-state index >= 15 is 0 Å². The van der Waals surface area contributed by atoms with E-state index in [0.29, 0.717) is 6.04 Å². The van der Waals surface area contributed by atoms with Crippen molar-refractivity contribution in [2.24, 2.45) is 11.1 Å². The Labute approximate surface area is 109 Å². The van der Waals surface area contributed by atoms with Crippen molar-refractivity contribution in [2.45, 2.75) is 30.7 Å². The molecular formula is C13H20N2O2S. The third-order valence-corrected chi connectivity index (χ3v) is 4.59. The molecule has 1 aromatic carbocycles. The average molecular weight is 268 g/mol. The summed E-state index contributed by atoms with van der Waals surface area (Å²) in [5.74, 6) is 0.731. The van der Waals surface area contributed by atoms with Crippen LogP contribution in [0, 0.1) is 5.92 Å². The lowest BCUT2D eigenvalue weighted by atomic mass is 9.90. The number of rotatable bonds is 2. The molecule has 2 N–H and O–H groups in total. The molecule has 0 spiro atoms. The van der Waals surface area contributed by atoms with Crippen LogP contribution in [0.3, 0.4) is 0 Å². The van der Waals surface area contributed by atoms with Crippen LogP contribution in [0.4, 0.5) is 0 Å². The summed E-state index contributed by atoms with van der Waals surface area (Å²) >= 11 is 0. The van der Waals surface area contributed by atoms with Crippen LogP contribution in [0.15, 0.2) is 29.2 Å². The van der Waals surface area contributed by atoms with Gasteiger partial charge in [-0.25, -0.2) is 13.6 Å². The van der Waals surface area contributed by atoms with E-state index in [1.807, 2.05) is 12.1 Å². The van der Waals surface area contributed by atoms with Gasteiger partial charge in [-0.2, -0.15) is 0 Å². The number of benzene rings is 1. The number of sulfonamides is 1. The van der Waals surface area contributed by atoms with E-state index in [0.717, 1.165) is 24.4 Å². The molecule has 4 nitrogen and oxygen atoms in total. The SMILES string of the molecule is CC1CCC(c2ccc(S(N)(=O)=O)cc2)N(C)C1. The molecule has 0 bridgehead atoms. The van der Waals surface area contributed by atoms with Gasteiger partial charge in [0.05, 0.1) is 4.90 Å². The predicted molar refractivity (Wildman–Crippen MR) is 71.6 cm³/mol. The molecule has 2 rings (SSSR count). The number of likely N-dealkylation sites (tertiary alicyclic amines) is 1. The highest BCUT2D eigenvalue weighted by atomic mass is 32.2. The lowest BCUT2D eigenvalue weighted by molar-refractivity contribution is 0.146. The molecule has 2 unspecified atom stereocenters. The largest absolute Gasteiger partial charge is 0.299 e. The summed E-state index contributed by atoms with van der Waals surface area (Å²) in [5.41, 5.74) is 1.16. The lowest BCUT2D eigenvalue weighted by Crippen LogP contribution is -2.34. The molecule has 0 radical (unpaired) electrons. The molecule has 100 valence electrons. The van der Waals surface area contributed by atoms with Gasteiger partial charge in [0.1, 0.15) is 0 Å². The fourth-order valence-electron chi connectivity index (χ4n) is 2.67. The van der Waals surface area contributed by atoms with Crippen molar-refractivity contribution in [1.29, 1.82) is 0 Å². The van der Waals surface area contributed by atoms with Crippen LogP contribution in [0.2, 0.25) is 0 Å². The Kier molecular flexibility index (Phi) is 3.75. The number of hydrogen-bond donors (Lipinski definition) is 1. The molecule has 18 heavy (non-hydrogen) atoms. The summed E-state index contributed by atoms with van der Waals surface area (Å²) in [4.78, 5) is 2.51. The maximum Gasteiger partial charge on any atom is 0.238 e. The van der Waals surface area contributed by atoms with Gasteiger partial charge in [-0.1, -0.05) is 19.1 Å². The average Bonchev–Trinajstić information content (AvgIpc) is 2.28. The third kappa shape index (κ3) is 2.91. The number of nitrogens with two attached hydrogens (primary N) is 1. The summed E-state index contributed by atoms with van der Waals surface area (Å²) in [6.07, 6.45) is 2.33. The second-order valence-electron chi connectivity index (χ2n) is 5.25. The molecule has 2 atom stereocenters. The lowest BCUT2D eigenvalue weighted by Gasteiger charge is -2.36. The number of piperidine rings is 1. The van der Waals surface area contributed by atoms with E-state index in [1.165, 1.54) is 6.42 Å². The molecule has 1 heterocycles. The maximum atomic E-state index is 11.2. The first-order chi connectivity index (χ1) is 8.38. The second-order valence-corrected chi connectivity index (χ2v) is 6.81. The Hall–Kier alpha value is -0.910. The summed E-state index contributed by atoms with van der Waals surface area (Å²) in [6, 6.07) is 7.32. The van der Waals surface area contributed by atoms with E-state index < -0.39 is 10.0 Å². The van der Waals surface area contributed by atoms with Crippen LogP contribution in [-0.4, -0.2) is 26.9 Å². The molecule has 1 fully saturated rings. The Morgan fingerprint density at radius 2 is 1.83 bits per heavy atom. The minimum atomic E-state index is -3.59. The van der Waals surface area contributed by atoms with Gasteiger partial charge in [0.15, 0.2) is 0 Å². The molecule has 1 aliphatic heterocycles. The van der Waals surface area contributed by atoms with E-state index in [4.69, 9.17) is 5.14 Å². The Morgan fingerprint density at radius 3 is 2.33 bits per heavy atom. The van der Waals surface area contributed by atoms with Crippen molar-refractivity contribution in [3.63, 3.8) is 0 Å². The zero-order valence-electron chi connectivity index (χ0n) is 10.8. The molecule has 0 saturated carbocycles. The smallest absolute Gasteiger partial charge is 0.238 e. The Morgan fingerprint density at radius 1 is 1.22 bits per heavy atom. The van der Waals surface area contributed by atoms with E-state index in [1.54, 1.807) is 12.1 Å². The first-order valence-electron chi connectivity index (χ1n) is 6.21. The minimum absolute atomic E-state index is 0.179. The first kappa shape index (κ1) is 13.5. The van der Waals surface area contributed by atoms with Crippen molar-refractivity contribution in [3.8, 4) is 0 Å². The quantitative estimate of drug-likeness (QED) is 0.888. The number of hydrogen-bond acceptors (Lipinski definition) is 3. The Bertz CT molecular complexity index is 510. The maximum absolute atomic E-state index is 11.2. The molecule has 0 aliphatic carbocycles. The van der Waals surface area contributed by atoms with E-state index in [-0.39, 0.29) is 4.90 Å². The number of nitrogens with zero attached hydrogens (tertiary/aromatic N) is 1. The fraction of sp³-hybridized carbons (Fsp3) is 0.538. The highest BCUT2D eigenvalue weighted by Crippen LogP contribution is 2.32. The van der Waals surface area contributed by atoms with Crippen LogP contribution in [0.5, 0.6) is 0 Å².